The van der Waals surface area contributed by atoms with Gasteiger partial charge in [0.15, 0.2) is 11.6 Å². The van der Waals surface area contributed by atoms with Crippen molar-refractivity contribution in [2.75, 3.05) is 6.54 Å². The number of rotatable bonds is 7. The Kier molecular flexibility index (Phi) is 5.54. The van der Waals surface area contributed by atoms with Gasteiger partial charge in [-0.3, -0.25) is 0 Å². The monoisotopic (exact) mass is 324 g/mol. The number of nitrogens with zero attached hydrogens (tertiary/aromatic N) is 1. The molecule has 0 aliphatic heterocycles. The van der Waals surface area contributed by atoms with Gasteiger partial charge in [0.25, 0.3) is 0 Å². The maximum atomic E-state index is 10.7. The minimum atomic E-state index is -1.12. The normalized spacial score (nSPS) is 13.8. The predicted octanol–water partition coefficient (Wildman–Crippen LogP) is 2.28. The number of aliphatic hydroxyl groups excluding tert-OH is 1. The molecule has 1 aromatic carbocycles. The average Bonchev–Trinajstić information content (AvgIpc) is 2.93. The van der Waals surface area contributed by atoms with Crippen LogP contribution in [0.2, 0.25) is 5.02 Å². The molecule has 0 aliphatic rings. The van der Waals surface area contributed by atoms with E-state index in [4.69, 9.17) is 21.1 Å². The molecule has 6 nitrogen and oxygen atoms in total. The Bertz CT molecular complexity index is 644. The summed E-state index contributed by atoms with van der Waals surface area (Å²) in [5, 5.41) is 22.6. The first kappa shape index (κ1) is 16.5. The zero-order valence-corrected chi connectivity index (χ0v) is 12.7. The number of benzene rings is 1. The number of carbonyl (C=O) groups is 1. The van der Waals surface area contributed by atoms with Gasteiger partial charge in [-0.15, -0.1) is 0 Å². The van der Waals surface area contributed by atoms with Crippen molar-refractivity contribution in [1.29, 1.82) is 0 Å². The van der Waals surface area contributed by atoms with Crippen LogP contribution in [0.4, 0.5) is 0 Å². The maximum Gasteiger partial charge on any atom is 0.357 e. The molecule has 0 saturated heterocycles. The van der Waals surface area contributed by atoms with Crippen molar-refractivity contribution in [3.63, 3.8) is 0 Å². The molecule has 0 radical (unpaired) electrons. The molecule has 1 heterocycles. The number of carboxylic acid groups (broad SMARTS) is 1. The van der Waals surface area contributed by atoms with Crippen LogP contribution < -0.4 is 5.32 Å². The molecule has 0 amide bonds. The third-order valence-corrected chi connectivity index (χ3v) is 3.38. The highest BCUT2D eigenvalue weighted by atomic mass is 35.5. The summed E-state index contributed by atoms with van der Waals surface area (Å²) in [4.78, 5) is 14.6. The molecule has 2 aromatic rings. The fraction of sp³-hybridized carbons (Fsp3) is 0.333. The number of nitrogens with one attached hydrogen (secondary N) is 1. The van der Waals surface area contributed by atoms with E-state index in [1.807, 2.05) is 6.92 Å². The van der Waals surface area contributed by atoms with Gasteiger partial charge in [0.1, 0.15) is 6.26 Å². The summed E-state index contributed by atoms with van der Waals surface area (Å²) in [6, 6.07) is 7.01. The fourth-order valence-electron chi connectivity index (χ4n) is 1.98. The number of aromatic nitrogens is 1. The zero-order valence-electron chi connectivity index (χ0n) is 12.0. The summed E-state index contributed by atoms with van der Waals surface area (Å²) in [5.41, 5.74) is 0.623. The van der Waals surface area contributed by atoms with E-state index in [1.165, 1.54) is 0 Å². The number of aliphatic hydroxyl groups is 1. The van der Waals surface area contributed by atoms with E-state index in [0.717, 1.165) is 11.8 Å². The lowest BCUT2D eigenvalue weighted by Gasteiger charge is -2.16. The Morgan fingerprint density at radius 1 is 1.50 bits per heavy atom. The molecule has 2 rings (SSSR count). The summed E-state index contributed by atoms with van der Waals surface area (Å²) in [6.45, 7) is 2.24. The standard InChI is InChI=1S/C15H17ClN2O4/c1-9(5-14-18-12(8-22-14)15(20)21)17-7-13(19)10-3-2-4-11(16)6-10/h2-4,6,8-9,13,17,19H,5,7H2,1H3,(H,20,21)/t9?,13-/m0/s1. The quantitative estimate of drug-likeness (QED) is 0.723. The molecular weight excluding hydrogens is 308 g/mol. The second-order valence-corrected chi connectivity index (χ2v) is 5.45. The van der Waals surface area contributed by atoms with Crippen LogP contribution in [0.15, 0.2) is 34.9 Å². The first-order valence-corrected chi connectivity index (χ1v) is 7.18. The fourth-order valence-corrected chi connectivity index (χ4v) is 2.18. The Morgan fingerprint density at radius 2 is 2.27 bits per heavy atom. The highest BCUT2D eigenvalue weighted by molar-refractivity contribution is 6.30. The summed E-state index contributed by atoms with van der Waals surface area (Å²) in [6.07, 6.45) is 0.862. The maximum absolute atomic E-state index is 10.7. The Labute approximate surface area is 132 Å². The molecule has 7 heteroatoms. The van der Waals surface area contributed by atoms with Crippen LogP contribution in [-0.2, 0) is 6.42 Å². The van der Waals surface area contributed by atoms with Crippen molar-refractivity contribution in [2.45, 2.75) is 25.5 Å². The second-order valence-electron chi connectivity index (χ2n) is 5.02. The molecule has 0 bridgehead atoms. The van der Waals surface area contributed by atoms with Crippen molar-refractivity contribution in [2.24, 2.45) is 0 Å². The lowest BCUT2D eigenvalue weighted by molar-refractivity contribution is 0.0690. The molecule has 118 valence electrons. The van der Waals surface area contributed by atoms with Crippen molar-refractivity contribution < 1.29 is 19.4 Å². The van der Waals surface area contributed by atoms with Crippen LogP contribution in [0.25, 0.3) is 0 Å². The Hall–Kier alpha value is -1.89. The van der Waals surface area contributed by atoms with E-state index in [2.05, 4.69) is 10.3 Å². The van der Waals surface area contributed by atoms with Gasteiger partial charge >= 0.3 is 5.97 Å². The molecule has 0 saturated carbocycles. The van der Waals surface area contributed by atoms with E-state index in [-0.39, 0.29) is 11.7 Å². The summed E-state index contributed by atoms with van der Waals surface area (Å²) in [5.74, 6) is -0.776. The molecule has 0 fully saturated rings. The van der Waals surface area contributed by atoms with Crippen LogP contribution in [-0.4, -0.2) is 33.8 Å². The van der Waals surface area contributed by atoms with Crippen LogP contribution >= 0.6 is 11.6 Å². The molecule has 1 unspecified atom stereocenters. The molecule has 0 spiro atoms. The van der Waals surface area contributed by atoms with Gasteiger partial charge in [0, 0.05) is 24.0 Å². The van der Waals surface area contributed by atoms with Gasteiger partial charge in [0.2, 0.25) is 0 Å². The number of halogens is 1. The molecule has 2 atom stereocenters. The number of hydrogen-bond donors (Lipinski definition) is 3. The lowest BCUT2D eigenvalue weighted by Crippen LogP contribution is -2.32. The van der Waals surface area contributed by atoms with Crippen molar-refractivity contribution in [1.82, 2.24) is 10.3 Å². The predicted molar refractivity (Wildman–Crippen MR) is 81.0 cm³/mol. The topological polar surface area (TPSA) is 95.6 Å². The van der Waals surface area contributed by atoms with Crippen LogP contribution in [0.3, 0.4) is 0 Å². The van der Waals surface area contributed by atoms with Crippen molar-refractivity contribution in [3.8, 4) is 0 Å². The van der Waals surface area contributed by atoms with Crippen LogP contribution in [0, 0.1) is 0 Å². The van der Waals surface area contributed by atoms with Gasteiger partial charge in [0.05, 0.1) is 6.10 Å². The number of aromatic carboxylic acids is 1. The average molecular weight is 325 g/mol. The minimum Gasteiger partial charge on any atom is -0.476 e. The summed E-state index contributed by atoms with van der Waals surface area (Å²) < 4.78 is 5.09. The third-order valence-electron chi connectivity index (χ3n) is 3.14. The summed E-state index contributed by atoms with van der Waals surface area (Å²) >= 11 is 5.89. The highest BCUT2D eigenvalue weighted by Gasteiger charge is 2.14. The molecule has 3 N–H and O–H groups in total. The van der Waals surface area contributed by atoms with Crippen molar-refractivity contribution in [3.05, 3.63) is 52.7 Å². The van der Waals surface area contributed by atoms with E-state index >= 15 is 0 Å². The van der Waals surface area contributed by atoms with Gasteiger partial charge in [-0.2, -0.15) is 0 Å². The largest absolute Gasteiger partial charge is 0.476 e. The highest BCUT2D eigenvalue weighted by Crippen LogP contribution is 2.17. The molecule has 22 heavy (non-hydrogen) atoms. The van der Waals surface area contributed by atoms with Crippen molar-refractivity contribution >= 4 is 17.6 Å². The first-order chi connectivity index (χ1) is 10.5. The van der Waals surface area contributed by atoms with E-state index in [1.54, 1.807) is 24.3 Å². The number of oxazole rings is 1. The van der Waals surface area contributed by atoms with E-state index in [0.29, 0.717) is 23.9 Å². The molecule has 0 aliphatic carbocycles. The van der Waals surface area contributed by atoms with Crippen LogP contribution in [0.5, 0.6) is 0 Å². The minimum absolute atomic E-state index is 0.0332. The Balaban J connectivity index is 1.84. The van der Waals surface area contributed by atoms with E-state index in [9.17, 15) is 9.90 Å². The molecule has 1 aromatic heterocycles. The van der Waals surface area contributed by atoms with Crippen LogP contribution in [0.1, 0.15) is 35.0 Å². The SMILES string of the molecule is CC(Cc1nc(C(=O)O)co1)NC[C@H](O)c1cccc(Cl)c1. The van der Waals surface area contributed by atoms with Gasteiger partial charge in [-0.1, -0.05) is 23.7 Å². The van der Waals surface area contributed by atoms with Gasteiger partial charge in [-0.25, -0.2) is 9.78 Å². The zero-order chi connectivity index (χ0) is 16.1. The Morgan fingerprint density at radius 3 is 2.91 bits per heavy atom. The van der Waals surface area contributed by atoms with Gasteiger partial charge in [-0.05, 0) is 24.6 Å². The third kappa shape index (κ3) is 4.56. The summed E-state index contributed by atoms with van der Waals surface area (Å²) in [7, 11) is 0. The second kappa shape index (κ2) is 7.40. The van der Waals surface area contributed by atoms with E-state index < -0.39 is 12.1 Å². The number of carboxylic acids is 1. The first-order valence-electron chi connectivity index (χ1n) is 6.80. The van der Waals surface area contributed by atoms with Gasteiger partial charge < -0.3 is 19.9 Å². The lowest BCUT2D eigenvalue weighted by atomic mass is 10.1. The smallest absolute Gasteiger partial charge is 0.357 e. The number of hydrogen-bond acceptors (Lipinski definition) is 5. The molecular formula is C15H17ClN2O4.